The molecule has 33 heavy (non-hydrogen) atoms. The lowest BCUT2D eigenvalue weighted by Crippen LogP contribution is -2.52. The smallest absolute Gasteiger partial charge is 0.311 e. The first-order chi connectivity index (χ1) is 15.8. The van der Waals surface area contributed by atoms with E-state index in [0.717, 1.165) is 36.0 Å². The maximum atomic E-state index is 13.7. The molecule has 3 amide bonds. The number of rotatable bonds is 5. The van der Waals surface area contributed by atoms with Crippen LogP contribution in [-0.4, -0.2) is 60.2 Å². The zero-order valence-corrected chi connectivity index (χ0v) is 19.1. The fourth-order valence-corrected chi connectivity index (χ4v) is 4.66. The molecule has 1 N–H and O–H groups in total. The summed E-state index contributed by atoms with van der Waals surface area (Å²) in [7, 11) is 3.08. The first-order valence-corrected chi connectivity index (χ1v) is 11.5. The van der Waals surface area contributed by atoms with Crippen molar-refractivity contribution >= 4 is 17.7 Å². The van der Waals surface area contributed by atoms with Crippen molar-refractivity contribution < 1.29 is 18.8 Å². The van der Waals surface area contributed by atoms with E-state index in [-0.39, 0.29) is 29.7 Å². The van der Waals surface area contributed by atoms with Gasteiger partial charge in [0, 0.05) is 26.6 Å². The van der Waals surface area contributed by atoms with Gasteiger partial charge in [-0.05, 0) is 54.5 Å². The van der Waals surface area contributed by atoms with Gasteiger partial charge in [-0.1, -0.05) is 42.8 Å². The Bertz CT molecular complexity index is 1050. The fourth-order valence-electron chi connectivity index (χ4n) is 4.66. The van der Waals surface area contributed by atoms with E-state index in [2.05, 4.69) is 5.32 Å². The van der Waals surface area contributed by atoms with Gasteiger partial charge >= 0.3 is 11.8 Å². The summed E-state index contributed by atoms with van der Waals surface area (Å²) in [5, 5.41) is 2.87. The molecule has 4 rings (SSSR count). The van der Waals surface area contributed by atoms with Gasteiger partial charge in [0.15, 0.2) is 0 Å². The first-order valence-electron chi connectivity index (χ1n) is 11.5. The molecule has 2 fully saturated rings. The van der Waals surface area contributed by atoms with Crippen LogP contribution in [0.5, 0.6) is 0 Å². The van der Waals surface area contributed by atoms with E-state index in [0.29, 0.717) is 19.4 Å². The van der Waals surface area contributed by atoms with E-state index in [9.17, 15) is 18.8 Å². The van der Waals surface area contributed by atoms with Crippen LogP contribution in [0.25, 0.3) is 11.1 Å². The molecule has 6 nitrogen and oxygen atoms in total. The molecule has 2 aromatic rings. The molecule has 1 aliphatic carbocycles. The molecule has 0 spiro atoms. The highest BCUT2D eigenvalue weighted by Gasteiger charge is 2.41. The number of nitrogens with one attached hydrogen (secondary N) is 1. The molecule has 2 atom stereocenters. The number of nitrogens with zero attached hydrogens (tertiary/aromatic N) is 2. The van der Waals surface area contributed by atoms with Gasteiger partial charge in [-0.3, -0.25) is 14.4 Å². The highest BCUT2D eigenvalue weighted by Crippen LogP contribution is 2.33. The molecule has 2 aliphatic rings. The van der Waals surface area contributed by atoms with Crippen molar-refractivity contribution in [1.29, 1.82) is 0 Å². The van der Waals surface area contributed by atoms with E-state index in [1.807, 2.05) is 35.2 Å². The molecule has 1 saturated heterocycles. The molecule has 1 aliphatic heterocycles. The Morgan fingerprint density at radius 2 is 1.73 bits per heavy atom. The number of hydrogen-bond acceptors (Lipinski definition) is 3. The third-order valence-corrected chi connectivity index (χ3v) is 6.73. The lowest BCUT2D eigenvalue weighted by Gasteiger charge is -2.34. The minimum atomic E-state index is -0.651. The normalized spacial score (nSPS) is 20.3. The highest BCUT2D eigenvalue weighted by atomic mass is 19.1. The van der Waals surface area contributed by atoms with Crippen LogP contribution >= 0.6 is 0 Å². The standard InChI is InChI=1S/C26H30FN3O3/c1-29(2)26(33)24(31)28-22-12-13-30(25(32)18-7-4-8-18)23(22)15-17-6-3-9-19(14-17)20-10-5-11-21(27)16-20/h3,5-6,9-11,14,16,18,22-23H,4,7-8,12-13,15H2,1-2H3,(H,28,31)/t22?,23-/m0/s1. The van der Waals surface area contributed by atoms with E-state index < -0.39 is 11.8 Å². The van der Waals surface area contributed by atoms with Crippen LogP contribution in [0.15, 0.2) is 48.5 Å². The molecule has 2 aromatic carbocycles. The van der Waals surface area contributed by atoms with E-state index in [4.69, 9.17) is 0 Å². The average Bonchev–Trinajstić information content (AvgIpc) is 3.14. The Morgan fingerprint density at radius 1 is 1.03 bits per heavy atom. The van der Waals surface area contributed by atoms with Gasteiger partial charge in [0.2, 0.25) is 5.91 Å². The number of carbonyl (C=O) groups is 3. The molecule has 174 valence electrons. The molecule has 1 saturated carbocycles. The molecule has 0 bridgehead atoms. The summed E-state index contributed by atoms with van der Waals surface area (Å²) in [4.78, 5) is 40.8. The third-order valence-electron chi connectivity index (χ3n) is 6.73. The van der Waals surface area contributed by atoms with Gasteiger partial charge in [-0.25, -0.2) is 4.39 Å². The Morgan fingerprint density at radius 3 is 2.36 bits per heavy atom. The summed E-state index contributed by atoms with van der Waals surface area (Å²) < 4.78 is 13.7. The maximum Gasteiger partial charge on any atom is 0.311 e. The number of likely N-dealkylation sites (N-methyl/N-ethyl adjacent to an activating group) is 1. The summed E-state index contributed by atoms with van der Waals surface area (Å²) in [5.41, 5.74) is 2.67. The Hall–Kier alpha value is -3.22. The number of carbonyl (C=O) groups excluding carboxylic acids is 3. The molecule has 0 aromatic heterocycles. The van der Waals surface area contributed by atoms with Crippen molar-refractivity contribution in [2.24, 2.45) is 5.92 Å². The van der Waals surface area contributed by atoms with Crippen molar-refractivity contribution in [3.63, 3.8) is 0 Å². The maximum absolute atomic E-state index is 13.7. The van der Waals surface area contributed by atoms with Crippen LogP contribution in [0.4, 0.5) is 4.39 Å². The largest absolute Gasteiger partial charge is 0.343 e. The summed E-state index contributed by atoms with van der Waals surface area (Å²) in [6, 6.07) is 13.8. The van der Waals surface area contributed by atoms with Gasteiger partial charge in [-0.15, -0.1) is 0 Å². The van der Waals surface area contributed by atoms with Crippen molar-refractivity contribution in [3.8, 4) is 11.1 Å². The predicted octanol–water partition coefficient (Wildman–Crippen LogP) is 3.01. The zero-order chi connectivity index (χ0) is 23.5. The van der Waals surface area contributed by atoms with Crippen LogP contribution in [0, 0.1) is 11.7 Å². The average molecular weight is 452 g/mol. The number of benzene rings is 2. The monoisotopic (exact) mass is 451 g/mol. The topological polar surface area (TPSA) is 69.7 Å². The van der Waals surface area contributed by atoms with Gasteiger partial charge in [0.25, 0.3) is 0 Å². The van der Waals surface area contributed by atoms with Gasteiger partial charge in [0.05, 0.1) is 12.1 Å². The number of hydrogen-bond donors (Lipinski definition) is 1. The second-order valence-corrected chi connectivity index (χ2v) is 9.21. The number of likely N-dealkylation sites (tertiary alicyclic amines) is 1. The molecular formula is C26H30FN3O3. The van der Waals surface area contributed by atoms with Crippen LogP contribution < -0.4 is 5.32 Å². The highest BCUT2D eigenvalue weighted by molar-refractivity contribution is 6.34. The van der Waals surface area contributed by atoms with E-state index in [1.165, 1.54) is 17.0 Å². The Kier molecular flexibility index (Phi) is 6.77. The van der Waals surface area contributed by atoms with E-state index in [1.54, 1.807) is 20.2 Å². The van der Waals surface area contributed by atoms with Crippen LogP contribution in [0.2, 0.25) is 0 Å². The minimum absolute atomic E-state index is 0.0592. The Balaban J connectivity index is 1.57. The van der Waals surface area contributed by atoms with E-state index >= 15 is 0 Å². The van der Waals surface area contributed by atoms with Gasteiger partial charge in [0.1, 0.15) is 5.82 Å². The van der Waals surface area contributed by atoms with Crippen molar-refractivity contribution in [2.45, 2.75) is 44.2 Å². The summed E-state index contributed by atoms with van der Waals surface area (Å²) in [5.74, 6) is -1.35. The second kappa shape index (κ2) is 9.73. The summed E-state index contributed by atoms with van der Waals surface area (Å²) >= 11 is 0. The van der Waals surface area contributed by atoms with Crippen LogP contribution in [0.1, 0.15) is 31.2 Å². The lowest BCUT2D eigenvalue weighted by molar-refractivity contribution is -0.145. The SMILES string of the molecule is CN(C)C(=O)C(=O)NC1CCN(C(=O)C2CCC2)[C@H]1Cc1cccc(-c2cccc(F)c2)c1. The molecular weight excluding hydrogens is 421 g/mol. The van der Waals surface area contributed by atoms with Gasteiger partial charge < -0.3 is 15.1 Å². The Labute approximate surface area is 193 Å². The number of amides is 3. The molecule has 0 radical (unpaired) electrons. The third kappa shape index (κ3) is 5.07. The summed E-state index contributed by atoms with van der Waals surface area (Å²) in [6.45, 7) is 0.560. The molecule has 1 unspecified atom stereocenters. The molecule has 1 heterocycles. The van der Waals surface area contributed by atoms with Crippen molar-refractivity contribution in [2.75, 3.05) is 20.6 Å². The first kappa shape index (κ1) is 23.0. The lowest BCUT2D eigenvalue weighted by atomic mass is 9.84. The second-order valence-electron chi connectivity index (χ2n) is 9.21. The quantitative estimate of drug-likeness (QED) is 0.711. The fraction of sp³-hybridized carbons (Fsp3) is 0.423. The molecule has 7 heteroatoms. The minimum Gasteiger partial charge on any atom is -0.343 e. The summed E-state index contributed by atoms with van der Waals surface area (Å²) in [6.07, 6.45) is 4.05. The predicted molar refractivity (Wildman–Crippen MR) is 124 cm³/mol. The van der Waals surface area contributed by atoms with Crippen LogP contribution in [-0.2, 0) is 20.8 Å². The zero-order valence-electron chi connectivity index (χ0n) is 19.1. The van der Waals surface area contributed by atoms with Crippen molar-refractivity contribution in [3.05, 3.63) is 59.9 Å². The number of halogens is 1. The van der Waals surface area contributed by atoms with Crippen molar-refractivity contribution in [1.82, 2.24) is 15.1 Å². The van der Waals surface area contributed by atoms with Crippen LogP contribution in [0.3, 0.4) is 0 Å². The van der Waals surface area contributed by atoms with Gasteiger partial charge in [-0.2, -0.15) is 0 Å².